The van der Waals surface area contributed by atoms with Gasteiger partial charge in [0.25, 0.3) is 0 Å². The molecule has 0 spiro atoms. The average Bonchev–Trinajstić information content (AvgIpc) is 3.11. The number of nitrogens with one attached hydrogen (secondary N) is 1. The highest BCUT2D eigenvalue weighted by Gasteiger charge is 2.56. The molecule has 1 N–H and O–H groups in total. The second-order valence-electron chi connectivity index (χ2n) is 10.8. The van der Waals surface area contributed by atoms with Gasteiger partial charge in [-0.1, -0.05) is 6.92 Å². The van der Waals surface area contributed by atoms with Gasteiger partial charge in [-0.15, -0.1) is 0 Å². The molecule has 0 radical (unpaired) electrons. The Kier molecular flexibility index (Phi) is 4.52. The molecule has 0 aromatic rings. The Hall–Kier alpha value is -1.06. The molecule has 4 heteroatoms. The van der Waals surface area contributed by atoms with E-state index in [1.54, 1.807) is 0 Å². The van der Waals surface area contributed by atoms with Crippen LogP contribution in [0, 0.1) is 29.1 Å². The summed E-state index contributed by atoms with van der Waals surface area (Å²) < 4.78 is 0. The monoisotopic (exact) mass is 372 g/mol. The fourth-order valence-electron chi connectivity index (χ4n) is 7.66. The zero-order valence-corrected chi connectivity index (χ0v) is 16.9. The molecule has 6 aliphatic rings. The fraction of sp³-hybridized carbons (Fsp3) is 0.913. The summed E-state index contributed by atoms with van der Waals surface area (Å²) >= 11 is 0. The maximum Gasteiger partial charge on any atom is 0.243 e. The molecule has 1 atom stereocenters. The van der Waals surface area contributed by atoms with Crippen LogP contribution in [0.1, 0.15) is 84.0 Å². The SMILES string of the molecule is CC1CCC(NC(=O)C2CCCN2C(=O)C23CC4CC(CC(C4)C2)C3)CC1. The molecule has 1 aliphatic heterocycles. The van der Waals surface area contributed by atoms with Gasteiger partial charge in [0.15, 0.2) is 0 Å². The van der Waals surface area contributed by atoms with E-state index in [1.807, 2.05) is 4.90 Å². The predicted octanol–water partition coefficient (Wildman–Crippen LogP) is 3.89. The van der Waals surface area contributed by atoms with Crippen molar-refractivity contribution in [2.45, 2.75) is 96.1 Å². The van der Waals surface area contributed by atoms with Gasteiger partial charge >= 0.3 is 0 Å². The first-order valence-corrected chi connectivity index (χ1v) is 11.6. The molecule has 0 aromatic carbocycles. The van der Waals surface area contributed by atoms with Gasteiger partial charge in [-0.2, -0.15) is 0 Å². The molecule has 2 amide bonds. The van der Waals surface area contributed by atoms with Crippen molar-refractivity contribution in [2.75, 3.05) is 6.54 Å². The van der Waals surface area contributed by atoms with Crippen molar-refractivity contribution in [3.05, 3.63) is 0 Å². The van der Waals surface area contributed by atoms with Crippen molar-refractivity contribution in [2.24, 2.45) is 29.1 Å². The molecule has 4 bridgehead atoms. The van der Waals surface area contributed by atoms with Gasteiger partial charge in [-0.25, -0.2) is 0 Å². The lowest BCUT2D eigenvalue weighted by Gasteiger charge is -2.56. The lowest BCUT2D eigenvalue weighted by atomic mass is 9.49. The summed E-state index contributed by atoms with van der Waals surface area (Å²) in [6, 6.07) is 0.121. The van der Waals surface area contributed by atoms with Crippen LogP contribution >= 0.6 is 0 Å². The van der Waals surface area contributed by atoms with Crippen LogP contribution in [-0.2, 0) is 9.59 Å². The minimum atomic E-state index is -0.204. The van der Waals surface area contributed by atoms with Gasteiger partial charge in [-0.05, 0) is 101 Å². The van der Waals surface area contributed by atoms with Gasteiger partial charge in [0.2, 0.25) is 11.8 Å². The summed E-state index contributed by atoms with van der Waals surface area (Å²) in [7, 11) is 0. The molecular weight excluding hydrogens is 336 g/mol. The molecule has 5 saturated carbocycles. The third-order valence-corrected chi connectivity index (χ3v) is 8.67. The standard InChI is InChI=1S/C23H36N2O2/c1-15-4-6-19(7-5-15)24-21(26)20-3-2-8-25(20)22(27)23-12-16-9-17(13-23)11-18(10-16)14-23/h15-20H,2-14H2,1H3,(H,24,26). The van der Waals surface area contributed by atoms with Crippen LogP contribution < -0.4 is 5.32 Å². The zero-order chi connectivity index (χ0) is 18.6. The second kappa shape index (κ2) is 6.77. The van der Waals surface area contributed by atoms with E-state index in [0.29, 0.717) is 11.9 Å². The van der Waals surface area contributed by atoms with Gasteiger partial charge in [0.1, 0.15) is 6.04 Å². The van der Waals surface area contributed by atoms with Crippen LogP contribution in [0.2, 0.25) is 0 Å². The normalized spacial score (nSPS) is 45.9. The van der Waals surface area contributed by atoms with Gasteiger partial charge in [-0.3, -0.25) is 9.59 Å². The highest BCUT2D eigenvalue weighted by atomic mass is 16.2. The van der Waals surface area contributed by atoms with Gasteiger partial charge in [0.05, 0.1) is 5.41 Å². The molecule has 1 saturated heterocycles. The van der Waals surface area contributed by atoms with Gasteiger partial charge < -0.3 is 10.2 Å². The lowest BCUT2D eigenvalue weighted by molar-refractivity contribution is -0.160. The molecule has 1 unspecified atom stereocenters. The summed E-state index contributed by atoms with van der Waals surface area (Å²) in [5.41, 5.74) is -0.113. The molecule has 27 heavy (non-hydrogen) atoms. The molecule has 150 valence electrons. The maximum atomic E-state index is 13.7. The fourth-order valence-corrected chi connectivity index (χ4v) is 7.66. The summed E-state index contributed by atoms with van der Waals surface area (Å²) in [6.45, 7) is 3.10. The zero-order valence-electron chi connectivity index (χ0n) is 16.9. The van der Waals surface area contributed by atoms with Gasteiger partial charge in [0, 0.05) is 12.6 Å². The molecule has 6 rings (SSSR count). The van der Waals surface area contributed by atoms with E-state index in [1.165, 1.54) is 32.1 Å². The topological polar surface area (TPSA) is 49.4 Å². The largest absolute Gasteiger partial charge is 0.352 e. The van der Waals surface area contributed by atoms with Crippen molar-refractivity contribution in [1.29, 1.82) is 0 Å². The summed E-state index contributed by atoms with van der Waals surface area (Å²) in [5, 5.41) is 3.31. The Morgan fingerprint density at radius 1 is 0.889 bits per heavy atom. The van der Waals surface area contributed by atoms with Crippen LogP contribution in [0.15, 0.2) is 0 Å². The Morgan fingerprint density at radius 2 is 1.48 bits per heavy atom. The van der Waals surface area contributed by atoms with E-state index >= 15 is 0 Å². The summed E-state index contributed by atoms with van der Waals surface area (Å²) in [5.74, 6) is 3.60. The van der Waals surface area contributed by atoms with E-state index in [2.05, 4.69) is 12.2 Å². The van der Waals surface area contributed by atoms with E-state index < -0.39 is 0 Å². The third kappa shape index (κ3) is 3.21. The molecule has 6 fully saturated rings. The van der Waals surface area contributed by atoms with Crippen LogP contribution in [0.3, 0.4) is 0 Å². The number of carbonyl (C=O) groups is 2. The van der Waals surface area contributed by atoms with Crippen molar-refractivity contribution in [1.82, 2.24) is 10.2 Å². The smallest absolute Gasteiger partial charge is 0.243 e. The third-order valence-electron chi connectivity index (χ3n) is 8.67. The maximum absolute atomic E-state index is 13.7. The summed E-state index contributed by atoms with van der Waals surface area (Å²) in [4.78, 5) is 28.7. The molecular formula is C23H36N2O2. The first-order valence-electron chi connectivity index (χ1n) is 11.6. The Balaban J connectivity index is 1.27. The Morgan fingerprint density at radius 3 is 2.07 bits per heavy atom. The molecule has 4 nitrogen and oxygen atoms in total. The number of carbonyl (C=O) groups excluding carboxylic acids is 2. The highest BCUT2D eigenvalue weighted by molar-refractivity contribution is 5.91. The number of likely N-dealkylation sites (tertiary alicyclic amines) is 1. The predicted molar refractivity (Wildman–Crippen MR) is 105 cm³/mol. The first kappa shape index (κ1) is 18.0. The second-order valence-corrected chi connectivity index (χ2v) is 10.8. The molecule has 0 aromatic heterocycles. The number of hydrogen-bond donors (Lipinski definition) is 1. The van der Waals surface area contributed by atoms with Crippen LogP contribution in [0.5, 0.6) is 0 Å². The summed E-state index contributed by atoms with van der Waals surface area (Å²) in [6.07, 6.45) is 13.8. The van der Waals surface area contributed by atoms with E-state index in [-0.39, 0.29) is 17.4 Å². The quantitative estimate of drug-likeness (QED) is 0.817. The van der Waals surface area contributed by atoms with Crippen molar-refractivity contribution < 1.29 is 9.59 Å². The minimum Gasteiger partial charge on any atom is -0.352 e. The number of amides is 2. The number of hydrogen-bond acceptors (Lipinski definition) is 2. The van der Waals surface area contributed by atoms with Crippen molar-refractivity contribution in [3.8, 4) is 0 Å². The van der Waals surface area contributed by atoms with E-state index in [9.17, 15) is 9.59 Å². The highest BCUT2D eigenvalue weighted by Crippen LogP contribution is 2.60. The lowest BCUT2D eigenvalue weighted by Crippen LogP contribution is -2.57. The molecule has 5 aliphatic carbocycles. The van der Waals surface area contributed by atoms with Crippen LogP contribution in [-0.4, -0.2) is 35.3 Å². The van der Waals surface area contributed by atoms with Crippen LogP contribution in [0.4, 0.5) is 0 Å². The van der Waals surface area contributed by atoms with Crippen molar-refractivity contribution in [3.63, 3.8) is 0 Å². The van der Waals surface area contributed by atoms with E-state index in [4.69, 9.17) is 0 Å². The average molecular weight is 373 g/mol. The number of rotatable bonds is 3. The minimum absolute atomic E-state index is 0.113. The first-order chi connectivity index (χ1) is 13.0. The van der Waals surface area contributed by atoms with Crippen LogP contribution in [0.25, 0.3) is 0 Å². The molecule has 1 heterocycles. The number of nitrogens with zero attached hydrogens (tertiary/aromatic N) is 1. The Bertz CT molecular complexity index is 572. The Labute approximate surface area is 163 Å². The van der Waals surface area contributed by atoms with E-state index in [0.717, 1.165) is 75.2 Å². The van der Waals surface area contributed by atoms with Crippen molar-refractivity contribution >= 4 is 11.8 Å².